The predicted molar refractivity (Wildman–Crippen MR) is 89.1 cm³/mol. The fourth-order valence-corrected chi connectivity index (χ4v) is 2.70. The van der Waals surface area contributed by atoms with Crippen LogP contribution in [0.15, 0.2) is 30.3 Å². The van der Waals surface area contributed by atoms with E-state index in [2.05, 4.69) is 27.7 Å². The van der Waals surface area contributed by atoms with Crippen molar-refractivity contribution in [2.24, 2.45) is 5.92 Å². The Kier molecular flexibility index (Phi) is 6.07. The summed E-state index contributed by atoms with van der Waals surface area (Å²) in [5.41, 5.74) is 1.21. The first kappa shape index (κ1) is 16.6. The average molecular weight is 305 g/mol. The molecule has 0 aromatic heterocycles. The van der Waals surface area contributed by atoms with Gasteiger partial charge in [-0.25, -0.2) is 4.79 Å². The van der Waals surface area contributed by atoms with Crippen molar-refractivity contribution in [1.82, 2.24) is 10.6 Å². The average Bonchev–Trinajstić information content (AvgIpc) is 2.55. The van der Waals surface area contributed by atoms with Gasteiger partial charge in [0.2, 0.25) is 0 Å². The van der Waals surface area contributed by atoms with Gasteiger partial charge in [-0.3, -0.25) is 0 Å². The summed E-state index contributed by atoms with van der Waals surface area (Å²) in [5, 5.41) is 15.1. The van der Waals surface area contributed by atoms with E-state index in [4.69, 9.17) is 5.11 Å². The highest BCUT2D eigenvalue weighted by Gasteiger charge is 2.22. The van der Waals surface area contributed by atoms with Crippen molar-refractivity contribution in [3.8, 4) is 0 Å². The molecule has 0 radical (unpaired) electrons. The molecule has 2 amide bonds. The Morgan fingerprint density at radius 2 is 2.09 bits per heavy atom. The van der Waals surface area contributed by atoms with E-state index in [0.29, 0.717) is 0 Å². The minimum atomic E-state index is -0.146. The number of anilines is 1. The summed E-state index contributed by atoms with van der Waals surface area (Å²) < 4.78 is 0. The van der Waals surface area contributed by atoms with E-state index in [1.54, 1.807) is 0 Å². The van der Waals surface area contributed by atoms with Crippen LogP contribution in [0.5, 0.6) is 0 Å². The van der Waals surface area contributed by atoms with Crippen LogP contribution in [-0.4, -0.2) is 42.9 Å². The van der Waals surface area contributed by atoms with Crippen molar-refractivity contribution in [2.45, 2.75) is 38.8 Å². The maximum absolute atomic E-state index is 12.1. The smallest absolute Gasteiger partial charge is 0.315 e. The molecule has 1 heterocycles. The number of piperidine rings is 1. The number of amides is 2. The zero-order valence-corrected chi connectivity index (χ0v) is 13.5. The Bertz CT molecular complexity index is 466. The number of hydrogen-bond acceptors (Lipinski definition) is 3. The Hall–Kier alpha value is -1.75. The molecule has 3 unspecified atom stereocenters. The second-order valence-electron chi connectivity index (χ2n) is 6.19. The van der Waals surface area contributed by atoms with E-state index in [1.165, 1.54) is 5.69 Å². The number of benzene rings is 1. The molecule has 3 N–H and O–H groups in total. The molecule has 1 aliphatic heterocycles. The summed E-state index contributed by atoms with van der Waals surface area (Å²) in [5.74, 6) is 0.0536. The van der Waals surface area contributed by atoms with Crippen molar-refractivity contribution in [3.63, 3.8) is 0 Å². The zero-order chi connectivity index (χ0) is 15.9. The highest BCUT2D eigenvalue weighted by molar-refractivity contribution is 5.74. The number of para-hydroxylation sites is 1. The van der Waals surface area contributed by atoms with Gasteiger partial charge in [-0.2, -0.15) is 0 Å². The number of aliphatic hydroxyl groups is 1. The minimum absolute atomic E-state index is 0.0428. The normalized spacial score (nSPS) is 21.0. The number of hydrogen-bond donors (Lipinski definition) is 3. The lowest BCUT2D eigenvalue weighted by Gasteiger charge is -2.35. The molecule has 1 aromatic rings. The van der Waals surface area contributed by atoms with Crippen LogP contribution in [0.2, 0.25) is 0 Å². The SMILES string of the molecule is CC(CO)C(C)NC(=O)NC1CCCN(c2ccccc2)C1. The topological polar surface area (TPSA) is 64.6 Å². The number of rotatable bonds is 5. The Balaban J connectivity index is 1.84. The lowest BCUT2D eigenvalue weighted by molar-refractivity contribution is 0.198. The van der Waals surface area contributed by atoms with Gasteiger partial charge in [0.25, 0.3) is 0 Å². The summed E-state index contributed by atoms with van der Waals surface area (Å²) in [6.07, 6.45) is 2.07. The third-order valence-corrected chi connectivity index (χ3v) is 4.38. The zero-order valence-electron chi connectivity index (χ0n) is 13.5. The maximum atomic E-state index is 12.1. The number of carbonyl (C=O) groups is 1. The molecule has 3 atom stereocenters. The van der Waals surface area contributed by atoms with Crippen LogP contribution in [-0.2, 0) is 0 Å². The third kappa shape index (κ3) is 4.63. The van der Waals surface area contributed by atoms with Crippen molar-refractivity contribution < 1.29 is 9.90 Å². The molecule has 0 saturated carbocycles. The fraction of sp³-hybridized carbons (Fsp3) is 0.588. The van der Waals surface area contributed by atoms with E-state index in [0.717, 1.165) is 25.9 Å². The summed E-state index contributed by atoms with van der Waals surface area (Å²) in [4.78, 5) is 14.4. The third-order valence-electron chi connectivity index (χ3n) is 4.38. The molecular weight excluding hydrogens is 278 g/mol. The summed E-state index contributed by atoms with van der Waals surface area (Å²) >= 11 is 0. The Morgan fingerprint density at radius 1 is 1.36 bits per heavy atom. The lowest BCUT2D eigenvalue weighted by atomic mass is 10.0. The number of carbonyl (C=O) groups excluding carboxylic acids is 1. The molecule has 5 heteroatoms. The van der Waals surface area contributed by atoms with E-state index >= 15 is 0 Å². The molecule has 1 aliphatic rings. The number of aliphatic hydroxyl groups excluding tert-OH is 1. The van der Waals surface area contributed by atoms with Crippen LogP contribution >= 0.6 is 0 Å². The quantitative estimate of drug-likeness (QED) is 0.779. The van der Waals surface area contributed by atoms with Crippen LogP contribution in [0.25, 0.3) is 0 Å². The highest BCUT2D eigenvalue weighted by Crippen LogP contribution is 2.19. The number of urea groups is 1. The molecule has 0 aliphatic carbocycles. The van der Waals surface area contributed by atoms with E-state index in [1.807, 2.05) is 32.0 Å². The van der Waals surface area contributed by atoms with Crippen LogP contribution in [0.3, 0.4) is 0 Å². The van der Waals surface area contributed by atoms with Crippen molar-refractivity contribution >= 4 is 11.7 Å². The fourth-order valence-electron chi connectivity index (χ4n) is 2.70. The van der Waals surface area contributed by atoms with E-state index < -0.39 is 0 Å². The predicted octanol–water partition coefficient (Wildman–Crippen LogP) is 1.97. The van der Waals surface area contributed by atoms with Gasteiger partial charge in [-0.1, -0.05) is 25.1 Å². The molecule has 1 saturated heterocycles. The van der Waals surface area contributed by atoms with Crippen LogP contribution in [0, 0.1) is 5.92 Å². The van der Waals surface area contributed by atoms with Gasteiger partial charge in [-0.15, -0.1) is 0 Å². The molecule has 2 rings (SSSR count). The van der Waals surface area contributed by atoms with Gasteiger partial charge in [0.15, 0.2) is 0 Å². The molecule has 1 fully saturated rings. The van der Waals surface area contributed by atoms with Gasteiger partial charge < -0.3 is 20.6 Å². The van der Waals surface area contributed by atoms with Gasteiger partial charge in [0.1, 0.15) is 0 Å². The summed E-state index contributed by atoms with van der Waals surface area (Å²) in [7, 11) is 0. The summed E-state index contributed by atoms with van der Waals surface area (Å²) in [6, 6.07) is 10.3. The standard InChI is InChI=1S/C17H27N3O2/c1-13(12-21)14(2)18-17(22)19-15-7-6-10-20(11-15)16-8-4-3-5-9-16/h3-5,8-9,13-15,21H,6-7,10-12H2,1-2H3,(H2,18,19,22). The Labute approximate surface area is 132 Å². The number of nitrogens with one attached hydrogen (secondary N) is 2. The molecular formula is C17H27N3O2. The van der Waals surface area contributed by atoms with Gasteiger partial charge in [0, 0.05) is 37.5 Å². The largest absolute Gasteiger partial charge is 0.396 e. The first-order valence-corrected chi connectivity index (χ1v) is 8.08. The van der Waals surface area contributed by atoms with Crippen LogP contribution in [0.1, 0.15) is 26.7 Å². The highest BCUT2D eigenvalue weighted by atomic mass is 16.3. The maximum Gasteiger partial charge on any atom is 0.315 e. The molecule has 1 aromatic carbocycles. The van der Waals surface area contributed by atoms with E-state index in [-0.39, 0.29) is 30.6 Å². The van der Waals surface area contributed by atoms with Crippen molar-refractivity contribution in [3.05, 3.63) is 30.3 Å². The number of nitrogens with zero attached hydrogens (tertiary/aromatic N) is 1. The molecule has 5 nitrogen and oxygen atoms in total. The molecule has 122 valence electrons. The second-order valence-corrected chi connectivity index (χ2v) is 6.19. The molecule has 0 spiro atoms. The van der Waals surface area contributed by atoms with Gasteiger partial charge in [0.05, 0.1) is 0 Å². The molecule has 0 bridgehead atoms. The second kappa shape index (κ2) is 8.03. The van der Waals surface area contributed by atoms with Crippen LogP contribution in [0.4, 0.5) is 10.5 Å². The van der Waals surface area contributed by atoms with Gasteiger partial charge in [-0.05, 0) is 37.8 Å². The summed E-state index contributed by atoms with van der Waals surface area (Å²) in [6.45, 7) is 5.77. The molecule has 22 heavy (non-hydrogen) atoms. The first-order chi connectivity index (χ1) is 10.6. The van der Waals surface area contributed by atoms with Crippen molar-refractivity contribution in [1.29, 1.82) is 0 Å². The van der Waals surface area contributed by atoms with Crippen LogP contribution < -0.4 is 15.5 Å². The first-order valence-electron chi connectivity index (χ1n) is 8.08. The van der Waals surface area contributed by atoms with E-state index in [9.17, 15) is 4.79 Å². The minimum Gasteiger partial charge on any atom is -0.396 e. The van der Waals surface area contributed by atoms with Crippen molar-refractivity contribution in [2.75, 3.05) is 24.6 Å². The Morgan fingerprint density at radius 3 is 2.77 bits per heavy atom. The monoisotopic (exact) mass is 305 g/mol. The van der Waals surface area contributed by atoms with Gasteiger partial charge >= 0.3 is 6.03 Å². The lowest BCUT2D eigenvalue weighted by Crippen LogP contribution is -2.52.